The van der Waals surface area contributed by atoms with Crippen LogP contribution in [-0.4, -0.2) is 51.1 Å². The van der Waals surface area contributed by atoms with Gasteiger partial charge in [-0.15, -0.1) is 0 Å². The molecule has 5 atom stereocenters. The van der Waals surface area contributed by atoms with E-state index in [1.165, 1.54) is 6.92 Å². The lowest BCUT2D eigenvalue weighted by Gasteiger charge is -2.32. The maximum atomic E-state index is 9.39. The van der Waals surface area contributed by atoms with Crippen LogP contribution in [-0.2, 0) is 4.74 Å². The van der Waals surface area contributed by atoms with Crippen molar-refractivity contribution in [1.82, 2.24) is 0 Å². The molecule has 1 heterocycles. The van der Waals surface area contributed by atoms with Crippen LogP contribution >= 0.6 is 0 Å². The highest BCUT2D eigenvalue weighted by Crippen LogP contribution is 2.18. The van der Waals surface area contributed by atoms with E-state index in [9.17, 15) is 20.4 Å². The van der Waals surface area contributed by atoms with E-state index >= 15 is 0 Å². The van der Waals surface area contributed by atoms with Crippen molar-refractivity contribution < 1.29 is 25.2 Å². The Labute approximate surface area is 76.6 Å². The first-order valence-corrected chi connectivity index (χ1v) is 4.40. The minimum atomic E-state index is -1.21. The van der Waals surface area contributed by atoms with E-state index in [2.05, 4.69) is 0 Å². The molecule has 1 aliphatic heterocycles. The summed E-state index contributed by atoms with van der Waals surface area (Å²) in [5.74, 6) is 0. The molecule has 4 N–H and O–H groups in total. The first kappa shape index (κ1) is 10.9. The quantitative estimate of drug-likeness (QED) is 0.378. The number of aliphatic hydroxyl groups is 4. The molecule has 5 nitrogen and oxygen atoms in total. The summed E-state index contributed by atoms with van der Waals surface area (Å²) in [6.07, 6.45) is -4.56. The number of aliphatic hydroxyl groups excluding tert-OH is 4. The van der Waals surface area contributed by atoms with Crippen LogP contribution in [0.5, 0.6) is 0 Å². The molecule has 13 heavy (non-hydrogen) atoms. The Balaban J connectivity index is 2.62. The van der Waals surface area contributed by atoms with Crippen LogP contribution in [0.1, 0.15) is 19.8 Å². The molecular formula is C8H16O5. The Hall–Kier alpha value is -0.200. The molecule has 5 unspecified atom stereocenters. The highest BCUT2D eigenvalue weighted by Gasteiger charge is 2.33. The van der Waals surface area contributed by atoms with Crippen LogP contribution in [0.15, 0.2) is 0 Å². The zero-order valence-corrected chi connectivity index (χ0v) is 7.50. The molecule has 78 valence electrons. The van der Waals surface area contributed by atoms with Gasteiger partial charge in [0.2, 0.25) is 0 Å². The third-order valence-electron chi connectivity index (χ3n) is 2.31. The van der Waals surface area contributed by atoms with E-state index in [0.29, 0.717) is 0 Å². The van der Waals surface area contributed by atoms with Crippen molar-refractivity contribution in [2.75, 3.05) is 0 Å². The van der Waals surface area contributed by atoms with E-state index in [0.717, 1.165) is 0 Å². The van der Waals surface area contributed by atoms with Crippen molar-refractivity contribution in [3.63, 3.8) is 0 Å². The third kappa shape index (κ3) is 2.62. The molecule has 0 radical (unpaired) electrons. The number of hydrogen-bond donors (Lipinski definition) is 4. The van der Waals surface area contributed by atoms with Gasteiger partial charge in [0.15, 0.2) is 6.29 Å². The molecule has 1 fully saturated rings. The third-order valence-corrected chi connectivity index (χ3v) is 2.31. The van der Waals surface area contributed by atoms with Gasteiger partial charge >= 0.3 is 0 Å². The zero-order chi connectivity index (χ0) is 10.0. The second-order valence-electron chi connectivity index (χ2n) is 3.42. The molecule has 0 aromatic rings. The fourth-order valence-corrected chi connectivity index (χ4v) is 1.39. The second kappa shape index (κ2) is 4.34. The van der Waals surface area contributed by atoms with Gasteiger partial charge in [0.1, 0.15) is 12.2 Å². The Bertz CT molecular complexity index is 163. The van der Waals surface area contributed by atoms with Crippen LogP contribution < -0.4 is 0 Å². The highest BCUT2D eigenvalue weighted by molar-refractivity contribution is 4.81. The second-order valence-corrected chi connectivity index (χ2v) is 3.42. The van der Waals surface area contributed by atoms with Crippen molar-refractivity contribution in [1.29, 1.82) is 0 Å². The molecule has 1 aliphatic rings. The highest BCUT2D eigenvalue weighted by atomic mass is 16.6. The monoisotopic (exact) mass is 192 g/mol. The molecule has 1 rings (SSSR count). The standard InChI is InChI=1S/C8H16O5/c1-4-7(11)8(12)5(9)2-3-6(10)13-4/h4-12H,2-3H2,1H3. The van der Waals surface area contributed by atoms with Gasteiger partial charge in [0.05, 0.1) is 12.2 Å². The summed E-state index contributed by atoms with van der Waals surface area (Å²) in [6, 6.07) is 0. The predicted molar refractivity (Wildman–Crippen MR) is 43.8 cm³/mol. The summed E-state index contributed by atoms with van der Waals surface area (Å²) in [7, 11) is 0. The summed E-state index contributed by atoms with van der Waals surface area (Å²) in [6.45, 7) is 1.54. The van der Waals surface area contributed by atoms with Crippen molar-refractivity contribution in [3.8, 4) is 0 Å². The van der Waals surface area contributed by atoms with Gasteiger partial charge in [-0.1, -0.05) is 0 Å². The van der Waals surface area contributed by atoms with E-state index in [4.69, 9.17) is 4.74 Å². The largest absolute Gasteiger partial charge is 0.390 e. The summed E-state index contributed by atoms with van der Waals surface area (Å²) < 4.78 is 4.96. The van der Waals surface area contributed by atoms with Gasteiger partial charge in [-0.2, -0.15) is 0 Å². The van der Waals surface area contributed by atoms with Gasteiger partial charge in [0, 0.05) is 6.42 Å². The predicted octanol–water partition coefficient (Wildman–Crippen LogP) is -1.41. The van der Waals surface area contributed by atoms with Crippen molar-refractivity contribution in [2.24, 2.45) is 0 Å². The average molecular weight is 192 g/mol. The summed E-state index contributed by atoms with van der Waals surface area (Å²) in [5.41, 5.74) is 0. The molecule has 1 saturated heterocycles. The fourth-order valence-electron chi connectivity index (χ4n) is 1.39. The van der Waals surface area contributed by atoms with Crippen LogP contribution in [0.3, 0.4) is 0 Å². The first-order valence-electron chi connectivity index (χ1n) is 4.40. The van der Waals surface area contributed by atoms with Gasteiger partial charge in [-0.3, -0.25) is 0 Å². The van der Waals surface area contributed by atoms with Crippen LogP contribution in [0.2, 0.25) is 0 Å². The number of hydrogen-bond acceptors (Lipinski definition) is 5. The molecule has 0 aliphatic carbocycles. The minimum absolute atomic E-state index is 0.214. The lowest BCUT2D eigenvalue weighted by atomic mass is 9.98. The van der Waals surface area contributed by atoms with Crippen LogP contribution in [0.4, 0.5) is 0 Å². The maximum Gasteiger partial charge on any atom is 0.155 e. The van der Waals surface area contributed by atoms with E-state index in [1.54, 1.807) is 0 Å². The molecule has 0 amide bonds. The minimum Gasteiger partial charge on any atom is -0.390 e. The molecule has 0 aromatic heterocycles. The van der Waals surface area contributed by atoms with Crippen molar-refractivity contribution in [2.45, 2.75) is 50.5 Å². The Kier molecular flexibility index (Phi) is 3.63. The first-order chi connectivity index (χ1) is 6.02. The van der Waals surface area contributed by atoms with Crippen LogP contribution in [0.25, 0.3) is 0 Å². The molecular weight excluding hydrogens is 176 g/mol. The topological polar surface area (TPSA) is 90.2 Å². The Morgan fingerprint density at radius 3 is 2.23 bits per heavy atom. The molecule has 0 bridgehead atoms. The molecule has 0 aromatic carbocycles. The van der Waals surface area contributed by atoms with Gasteiger partial charge in [0.25, 0.3) is 0 Å². The number of rotatable bonds is 0. The Morgan fingerprint density at radius 1 is 1.00 bits per heavy atom. The Morgan fingerprint density at radius 2 is 1.62 bits per heavy atom. The maximum absolute atomic E-state index is 9.39. The molecule has 0 spiro atoms. The summed E-state index contributed by atoms with van der Waals surface area (Å²) >= 11 is 0. The van der Waals surface area contributed by atoms with Crippen molar-refractivity contribution in [3.05, 3.63) is 0 Å². The lowest BCUT2D eigenvalue weighted by Crippen LogP contribution is -2.47. The van der Waals surface area contributed by atoms with Gasteiger partial charge < -0.3 is 25.2 Å². The summed E-state index contributed by atoms with van der Waals surface area (Å²) in [5, 5.41) is 37.2. The van der Waals surface area contributed by atoms with E-state index in [1.807, 2.05) is 0 Å². The van der Waals surface area contributed by atoms with Crippen LogP contribution in [0, 0.1) is 0 Å². The van der Waals surface area contributed by atoms with E-state index in [-0.39, 0.29) is 12.8 Å². The normalized spacial score (nSPS) is 48.2. The molecule has 5 heteroatoms. The molecule has 0 saturated carbocycles. The smallest absolute Gasteiger partial charge is 0.155 e. The van der Waals surface area contributed by atoms with E-state index < -0.39 is 30.7 Å². The summed E-state index contributed by atoms with van der Waals surface area (Å²) in [4.78, 5) is 0. The number of ether oxygens (including phenoxy) is 1. The average Bonchev–Trinajstić information content (AvgIpc) is 2.10. The van der Waals surface area contributed by atoms with Gasteiger partial charge in [-0.25, -0.2) is 0 Å². The van der Waals surface area contributed by atoms with Gasteiger partial charge in [-0.05, 0) is 13.3 Å². The fraction of sp³-hybridized carbons (Fsp3) is 1.00. The SMILES string of the molecule is CC1OC(O)CCC(O)C(O)C1O. The van der Waals surface area contributed by atoms with Crippen molar-refractivity contribution >= 4 is 0 Å². The lowest BCUT2D eigenvalue weighted by molar-refractivity contribution is -0.204. The zero-order valence-electron chi connectivity index (χ0n) is 7.50.